The van der Waals surface area contributed by atoms with Crippen molar-refractivity contribution in [3.63, 3.8) is 0 Å². The van der Waals surface area contributed by atoms with Gasteiger partial charge in [0.25, 0.3) is 5.97 Å². The third-order valence-electron chi connectivity index (χ3n) is 8.68. The van der Waals surface area contributed by atoms with E-state index >= 15 is 0 Å². The minimum absolute atomic E-state index is 0.0638. The standard InChI is InChI=1S/C21H32O4/c1-19-9-7-15(22)11-13(19)3-5-16-17-6-4-14(12-21(23,24)25)20(17,2)10-8-18(16)19/h11,14,16-18,23-25H,3-10,12H2,1-2H3/t14-,16+,17+,18+,19+,20-/m1/s1. The molecule has 0 heterocycles. The van der Waals surface area contributed by atoms with Gasteiger partial charge in [-0.3, -0.25) is 4.79 Å². The van der Waals surface area contributed by atoms with Gasteiger partial charge in [-0.05, 0) is 85.5 Å². The molecule has 4 nitrogen and oxygen atoms in total. The summed E-state index contributed by atoms with van der Waals surface area (Å²) < 4.78 is 0. The number of fused-ring (bicyclic) bond motifs is 5. The molecule has 0 radical (unpaired) electrons. The highest BCUT2D eigenvalue weighted by molar-refractivity contribution is 5.91. The maximum Gasteiger partial charge on any atom is 0.275 e. The van der Waals surface area contributed by atoms with Gasteiger partial charge in [-0.1, -0.05) is 19.4 Å². The van der Waals surface area contributed by atoms with Gasteiger partial charge in [-0.25, -0.2) is 0 Å². The molecular weight excluding hydrogens is 316 g/mol. The topological polar surface area (TPSA) is 77.8 Å². The van der Waals surface area contributed by atoms with Gasteiger partial charge in [0.15, 0.2) is 5.78 Å². The number of ketones is 1. The van der Waals surface area contributed by atoms with Gasteiger partial charge in [0, 0.05) is 12.8 Å². The van der Waals surface area contributed by atoms with Crippen LogP contribution >= 0.6 is 0 Å². The Hall–Kier alpha value is -0.710. The summed E-state index contributed by atoms with van der Waals surface area (Å²) >= 11 is 0. The summed E-state index contributed by atoms with van der Waals surface area (Å²) in [6.07, 6.45) is 10.3. The average molecular weight is 348 g/mol. The zero-order valence-corrected chi connectivity index (χ0v) is 15.5. The lowest BCUT2D eigenvalue weighted by molar-refractivity contribution is -0.323. The summed E-state index contributed by atoms with van der Waals surface area (Å²) in [4.78, 5) is 11.9. The maximum absolute atomic E-state index is 11.9. The van der Waals surface area contributed by atoms with Gasteiger partial charge < -0.3 is 15.3 Å². The molecule has 0 aromatic rings. The molecule has 0 aliphatic heterocycles. The lowest BCUT2D eigenvalue weighted by Gasteiger charge is -2.58. The van der Waals surface area contributed by atoms with Crippen LogP contribution in [0, 0.1) is 34.5 Å². The third-order valence-corrected chi connectivity index (χ3v) is 8.68. The van der Waals surface area contributed by atoms with E-state index in [1.807, 2.05) is 6.08 Å². The van der Waals surface area contributed by atoms with Crippen LogP contribution in [0.5, 0.6) is 0 Å². The van der Waals surface area contributed by atoms with Crippen LogP contribution in [0.15, 0.2) is 11.6 Å². The molecule has 4 heteroatoms. The summed E-state index contributed by atoms with van der Waals surface area (Å²) in [7, 11) is 0. The lowest BCUT2D eigenvalue weighted by Crippen LogP contribution is -2.51. The van der Waals surface area contributed by atoms with E-state index in [-0.39, 0.29) is 23.2 Å². The normalized spacial score (nSPS) is 46.9. The molecule has 3 fully saturated rings. The number of carbonyl (C=O) groups is 1. The number of allylic oxidation sites excluding steroid dienone is 1. The molecule has 4 aliphatic carbocycles. The fraction of sp³-hybridized carbons (Fsp3) is 0.857. The molecule has 4 aliphatic rings. The van der Waals surface area contributed by atoms with Crippen molar-refractivity contribution in [1.29, 1.82) is 0 Å². The summed E-state index contributed by atoms with van der Waals surface area (Å²) in [5.41, 5.74) is 1.68. The van der Waals surface area contributed by atoms with Crippen molar-refractivity contribution in [1.82, 2.24) is 0 Å². The van der Waals surface area contributed by atoms with Crippen molar-refractivity contribution in [2.24, 2.45) is 34.5 Å². The molecule has 0 amide bonds. The van der Waals surface area contributed by atoms with Crippen LogP contribution < -0.4 is 0 Å². The van der Waals surface area contributed by atoms with Crippen LogP contribution in [0.25, 0.3) is 0 Å². The molecule has 0 aromatic carbocycles. The minimum atomic E-state index is -2.54. The summed E-state index contributed by atoms with van der Waals surface area (Å²) in [5.74, 6) is -0.134. The highest BCUT2D eigenvalue weighted by atomic mass is 16.7. The fourth-order valence-corrected chi connectivity index (χ4v) is 7.33. The molecule has 25 heavy (non-hydrogen) atoms. The average Bonchev–Trinajstić information content (AvgIpc) is 2.83. The fourth-order valence-electron chi connectivity index (χ4n) is 7.33. The summed E-state index contributed by atoms with van der Waals surface area (Å²) in [6, 6.07) is 0. The Kier molecular flexibility index (Phi) is 3.99. The van der Waals surface area contributed by atoms with Crippen molar-refractivity contribution in [2.45, 2.75) is 77.6 Å². The second kappa shape index (κ2) is 5.64. The largest absolute Gasteiger partial charge is 0.344 e. The number of hydrogen-bond donors (Lipinski definition) is 3. The van der Waals surface area contributed by atoms with E-state index in [9.17, 15) is 20.1 Å². The monoisotopic (exact) mass is 348 g/mol. The first-order chi connectivity index (χ1) is 11.6. The first-order valence-electron chi connectivity index (χ1n) is 10.0. The van der Waals surface area contributed by atoms with Crippen molar-refractivity contribution >= 4 is 5.78 Å². The Morgan fingerprint density at radius 1 is 1.04 bits per heavy atom. The van der Waals surface area contributed by atoms with E-state index in [1.54, 1.807) is 0 Å². The van der Waals surface area contributed by atoms with Crippen molar-refractivity contribution in [3.05, 3.63) is 11.6 Å². The third kappa shape index (κ3) is 2.72. The zero-order valence-electron chi connectivity index (χ0n) is 15.5. The first kappa shape index (κ1) is 17.7. The number of aliphatic hydroxyl groups is 3. The Bertz CT molecular complexity index is 604. The Balaban J connectivity index is 1.60. The molecule has 3 N–H and O–H groups in total. The molecule has 4 rings (SSSR count). The van der Waals surface area contributed by atoms with Crippen molar-refractivity contribution in [3.8, 4) is 0 Å². The van der Waals surface area contributed by atoms with Gasteiger partial charge in [0.1, 0.15) is 0 Å². The molecule has 6 atom stereocenters. The first-order valence-corrected chi connectivity index (χ1v) is 10.0. The van der Waals surface area contributed by atoms with Crippen LogP contribution in [-0.2, 0) is 4.79 Å². The van der Waals surface area contributed by atoms with Crippen LogP contribution in [0.4, 0.5) is 0 Å². The second-order valence-electron chi connectivity index (χ2n) is 9.77. The molecule has 3 saturated carbocycles. The quantitative estimate of drug-likeness (QED) is 0.670. The van der Waals surface area contributed by atoms with Gasteiger partial charge in [-0.2, -0.15) is 0 Å². The predicted molar refractivity (Wildman–Crippen MR) is 94.2 cm³/mol. The summed E-state index contributed by atoms with van der Waals surface area (Å²) in [5, 5.41) is 28.5. The van der Waals surface area contributed by atoms with Gasteiger partial charge >= 0.3 is 0 Å². The van der Waals surface area contributed by atoms with Crippen LogP contribution in [0.2, 0.25) is 0 Å². The molecule has 0 unspecified atom stereocenters. The summed E-state index contributed by atoms with van der Waals surface area (Å²) in [6.45, 7) is 4.70. The van der Waals surface area contributed by atoms with E-state index in [4.69, 9.17) is 0 Å². The lowest BCUT2D eigenvalue weighted by atomic mass is 9.46. The number of hydrogen-bond acceptors (Lipinski definition) is 4. The smallest absolute Gasteiger partial charge is 0.275 e. The molecule has 0 saturated heterocycles. The highest BCUT2D eigenvalue weighted by Crippen LogP contribution is 2.67. The molecule has 0 spiro atoms. The Morgan fingerprint density at radius 2 is 1.80 bits per heavy atom. The number of rotatable bonds is 2. The maximum atomic E-state index is 11.9. The van der Waals surface area contributed by atoms with Crippen LogP contribution in [0.3, 0.4) is 0 Å². The van der Waals surface area contributed by atoms with E-state index in [0.29, 0.717) is 30.0 Å². The predicted octanol–water partition coefficient (Wildman–Crippen LogP) is 3.16. The van der Waals surface area contributed by atoms with E-state index in [2.05, 4.69) is 13.8 Å². The molecule has 140 valence electrons. The van der Waals surface area contributed by atoms with Crippen LogP contribution in [-0.4, -0.2) is 27.1 Å². The van der Waals surface area contributed by atoms with E-state index in [1.165, 1.54) is 5.57 Å². The molecule has 0 aromatic heterocycles. The van der Waals surface area contributed by atoms with Gasteiger partial charge in [-0.15, -0.1) is 0 Å². The molecular formula is C21H32O4. The SMILES string of the molecule is C[C@]12CC[C@H]3[C@@H](CCC4=CC(=O)CC[C@@]43C)[C@@H]1CC[C@@H]2CC(O)(O)O. The highest BCUT2D eigenvalue weighted by Gasteiger charge is 2.59. The zero-order chi connectivity index (χ0) is 18.0. The Labute approximate surface area is 150 Å². The Morgan fingerprint density at radius 3 is 2.52 bits per heavy atom. The van der Waals surface area contributed by atoms with Crippen molar-refractivity contribution < 1.29 is 20.1 Å². The van der Waals surface area contributed by atoms with Crippen molar-refractivity contribution in [2.75, 3.05) is 0 Å². The molecule has 0 bridgehead atoms. The van der Waals surface area contributed by atoms with Crippen LogP contribution in [0.1, 0.15) is 71.6 Å². The van der Waals surface area contributed by atoms with Gasteiger partial charge in [0.2, 0.25) is 0 Å². The number of carbonyl (C=O) groups excluding carboxylic acids is 1. The van der Waals surface area contributed by atoms with E-state index in [0.717, 1.165) is 44.9 Å². The minimum Gasteiger partial charge on any atom is -0.344 e. The van der Waals surface area contributed by atoms with E-state index < -0.39 is 5.97 Å². The van der Waals surface area contributed by atoms with Gasteiger partial charge in [0.05, 0.1) is 0 Å². The second-order valence-corrected chi connectivity index (χ2v) is 9.77.